The van der Waals surface area contributed by atoms with Crippen molar-refractivity contribution in [3.63, 3.8) is 0 Å². The number of likely N-dealkylation sites (N-methyl/N-ethyl adjacent to an activating group) is 1. The van der Waals surface area contributed by atoms with Gasteiger partial charge in [-0.25, -0.2) is 0 Å². The van der Waals surface area contributed by atoms with Gasteiger partial charge in [-0.1, -0.05) is 114 Å². The lowest BCUT2D eigenvalue weighted by molar-refractivity contribution is -0.401. The van der Waals surface area contributed by atoms with E-state index in [2.05, 4.69) is 191 Å². The van der Waals surface area contributed by atoms with Crippen molar-refractivity contribution < 1.29 is 4.58 Å². The normalized spacial score (nSPS) is 21.0. The zero-order valence-electron chi connectivity index (χ0n) is 29.6. The van der Waals surface area contributed by atoms with Crippen LogP contribution in [0.5, 0.6) is 0 Å². The summed E-state index contributed by atoms with van der Waals surface area (Å²) in [5, 5.41) is 5.21. The van der Waals surface area contributed by atoms with Crippen LogP contribution in [-0.2, 0) is 23.7 Å². The Morgan fingerprint density at radius 1 is 0.653 bits per heavy atom. The summed E-state index contributed by atoms with van der Waals surface area (Å²) < 4.78 is 2.43. The average molecular weight is 638 g/mol. The topological polar surface area (TPSA) is 6.25 Å². The Morgan fingerprint density at radius 2 is 1.27 bits per heavy atom. The molecule has 2 aliphatic heterocycles. The molecule has 0 fully saturated rings. The molecule has 2 nitrogen and oxygen atoms in total. The highest BCUT2D eigenvalue weighted by atomic mass is 15.2. The summed E-state index contributed by atoms with van der Waals surface area (Å²) in [6.45, 7) is 9.27. The Labute approximate surface area is 291 Å². The van der Waals surface area contributed by atoms with Crippen LogP contribution in [-0.4, -0.2) is 24.4 Å². The lowest BCUT2D eigenvalue weighted by atomic mass is 9.72. The predicted molar refractivity (Wildman–Crippen MR) is 209 cm³/mol. The highest BCUT2D eigenvalue weighted by Gasteiger charge is 2.48. The van der Waals surface area contributed by atoms with Crippen LogP contribution >= 0.6 is 0 Å². The molecule has 0 amide bonds. The second-order valence-electron chi connectivity index (χ2n) is 14.8. The summed E-state index contributed by atoms with van der Waals surface area (Å²) in [6.07, 6.45) is 8.95. The molecular weight excluding hydrogens is 593 g/mol. The summed E-state index contributed by atoms with van der Waals surface area (Å²) in [5.74, 6) is 0. The van der Waals surface area contributed by atoms with E-state index < -0.39 is 0 Å². The van der Waals surface area contributed by atoms with Gasteiger partial charge in [0.15, 0.2) is 5.71 Å². The van der Waals surface area contributed by atoms with Crippen LogP contribution in [0.2, 0.25) is 0 Å². The molecule has 49 heavy (non-hydrogen) atoms. The molecule has 2 heterocycles. The molecule has 2 atom stereocenters. The highest BCUT2D eigenvalue weighted by Crippen LogP contribution is 2.51. The average Bonchev–Trinajstić information content (AvgIpc) is 3.42. The van der Waals surface area contributed by atoms with Gasteiger partial charge in [-0.05, 0) is 103 Å². The molecule has 242 valence electrons. The summed E-state index contributed by atoms with van der Waals surface area (Å²) in [6, 6.07) is 45.1. The van der Waals surface area contributed by atoms with E-state index in [-0.39, 0.29) is 10.8 Å². The second-order valence-corrected chi connectivity index (χ2v) is 14.8. The largest absolute Gasteiger partial charge is 0.347 e. The first kappa shape index (κ1) is 31.1. The fourth-order valence-electron chi connectivity index (χ4n) is 8.98. The molecule has 0 aliphatic carbocycles. The number of benzene rings is 6. The van der Waals surface area contributed by atoms with E-state index in [0.717, 1.165) is 12.8 Å². The van der Waals surface area contributed by atoms with Gasteiger partial charge in [-0.15, -0.1) is 0 Å². The van der Waals surface area contributed by atoms with Crippen molar-refractivity contribution in [3.05, 3.63) is 179 Å². The molecule has 2 unspecified atom stereocenters. The molecule has 8 rings (SSSR count). The van der Waals surface area contributed by atoms with Crippen molar-refractivity contribution in [2.75, 3.05) is 19.0 Å². The fraction of sp³-hybridized carbons (Fsp3) is 0.213. The number of hydrogen-bond acceptors (Lipinski definition) is 1. The minimum Gasteiger partial charge on any atom is -0.347 e. The molecule has 6 aromatic carbocycles. The number of rotatable bonds is 6. The van der Waals surface area contributed by atoms with Gasteiger partial charge in [0.05, 0.1) is 5.41 Å². The van der Waals surface area contributed by atoms with Gasteiger partial charge in [0, 0.05) is 41.6 Å². The predicted octanol–water partition coefficient (Wildman–Crippen LogP) is 10.9. The Balaban J connectivity index is 1.26. The minimum atomic E-state index is -0.207. The molecule has 0 spiro atoms. The maximum absolute atomic E-state index is 2.45. The van der Waals surface area contributed by atoms with E-state index in [4.69, 9.17) is 0 Å². The van der Waals surface area contributed by atoms with Crippen molar-refractivity contribution in [3.8, 4) is 0 Å². The summed E-state index contributed by atoms with van der Waals surface area (Å²) in [7, 11) is 4.49. The van der Waals surface area contributed by atoms with Gasteiger partial charge < -0.3 is 4.90 Å². The molecule has 0 saturated carbocycles. The Morgan fingerprint density at radius 3 is 1.94 bits per heavy atom. The molecular formula is C47H45N2+. The van der Waals surface area contributed by atoms with Gasteiger partial charge in [0.2, 0.25) is 5.69 Å². The zero-order chi connectivity index (χ0) is 33.9. The van der Waals surface area contributed by atoms with Gasteiger partial charge in [0.25, 0.3) is 0 Å². The minimum absolute atomic E-state index is 0.192. The van der Waals surface area contributed by atoms with E-state index in [9.17, 15) is 0 Å². The molecule has 6 aromatic rings. The third-order valence-electron chi connectivity index (χ3n) is 11.3. The molecule has 0 saturated heterocycles. The highest BCUT2D eigenvalue weighted by molar-refractivity contribution is 6.08. The number of anilines is 1. The Hall–Kier alpha value is -5.21. The smallest absolute Gasteiger partial charge is 0.210 e. The first-order valence-electron chi connectivity index (χ1n) is 17.6. The maximum Gasteiger partial charge on any atom is 0.210 e. The molecule has 0 N–H and O–H groups in total. The van der Waals surface area contributed by atoms with Crippen LogP contribution in [0, 0.1) is 13.8 Å². The van der Waals surface area contributed by atoms with Crippen molar-refractivity contribution in [1.82, 2.24) is 0 Å². The molecule has 0 aromatic heterocycles. The SMILES string of the molecule is Cc1cccc(CC2(C)C(=CC=CC3=[N+](C)c4ccc5ccccc5c4C3(C)Cc3cccc(C)c3)N(C)c3cc4ccccc4cc32)c1. The summed E-state index contributed by atoms with van der Waals surface area (Å²) >= 11 is 0. The zero-order valence-corrected chi connectivity index (χ0v) is 29.6. The van der Waals surface area contributed by atoms with Crippen molar-refractivity contribution in [2.24, 2.45) is 0 Å². The van der Waals surface area contributed by atoms with Gasteiger partial charge >= 0.3 is 0 Å². The van der Waals surface area contributed by atoms with E-state index in [0.29, 0.717) is 0 Å². The van der Waals surface area contributed by atoms with E-state index >= 15 is 0 Å². The third kappa shape index (κ3) is 5.13. The Bertz CT molecular complexity index is 2370. The number of aryl methyl sites for hydroxylation is 2. The van der Waals surface area contributed by atoms with E-state index in [1.54, 1.807) is 0 Å². The number of fused-ring (bicyclic) bond motifs is 5. The number of hydrogen-bond donors (Lipinski definition) is 0. The monoisotopic (exact) mass is 637 g/mol. The van der Waals surface area contributed by atoms with Gasteiger partial charge in [-0.2, -0.15) is 4.58 Å². The number of allylic oxidation sites excluding steroid dienone is 4. The molecule has 0 radical (unpaired) electrons. The lowest BCUT2D eigenvalue weighted by Crippen LogP contribution is -2.33. The van der Waals surface area contributed by atoms with Crippen LogP contribution < -0.4 is 4.90 Å². The van der Waals surface area contributed by atoms with Crippen molar-refractivity contribution >= 4 is 38.6 Å². The maximum atomic E-state index is 2.45. The van der Waals surface area contributed by atoms with Crippen LogP contribution in [0.1, 0.15) is 47.2 Å². The van der Waals surface area contributed by atoms with Crippen LogP contribution in [0.4, 0.5) is 11.4 Å². The standard InChI is InChI=1S/C47H45N2/c1-32-14-11-16-34(26-32)30-46(3)40-28-37-19-7-8-20-38(37)29-42(40)49(6)43(46)22-13-23-44-47(4,31-35-17-12-15-33(2)27-35)45-39-21-10-9-18-36(39)24-25-41(45)48(44)5/h7-29H,30-31H2,1-6H3/q+1. The summed E-state index contributed by atoms with van der Waals surface area (Å²) in [4.78, 5) is 2.43. The fourth-order valence-corrected chi connectivity index (χ4v) is 8.98. The number of nitrogens with zero attached hydrogens (tertiary/aromatic N) is 2. The molecule has 2 aliphatic rings. The van der Waals surface area contributed by atoms with Crippen LogP contribution in [0.15, 0.2) is 145 Å². The van der Waals surface area contributed by atoms with Gasteiger partial charge in [0.1, 0.15) is 7.05 Å². The van der Waals surface area contributed by atoms with Crippen LogP contribution in [0.25, 0.3) is 21.5 Å². The molecule has 0 bridgehead atoms. The van der Waals surface area contributed by atoms with Crippen molar-refractivity contribution in [2.45, 2.75) is 51.4 Å². The van der Waals surface area contributed by atoms with E-state index in [1.807, 2.05) is 0 Å². The summed E-state index contributed by atoms with van der Waals surface area (Å²) in [5.41, 5.74) is 13.0. The third-order valence-corrected chi connectivity index (χ3v) is 11.3. The second kappa shape index (κ2) is 11.7. The van der Waals surface area contributed by atoms with Crippen LogP contribution in [0.3, 0.4) is 0 Å². The first-order chi connectivity index (χ1) is 23.7. The van der Waals surface area contributed by atoms with E-state index in [1.165, 1.54) is 77.7 Å². The Kier molecular flexibility index (Phi) is 7.45. The first-order valence-corrected chi connectivity index (χ1v) is 17.6. The van der Waals surface area contributed by atoms with Crippen molar-refractivity contribution in [1.29, 1.82) is 0 Å². The van der Waals surface area contributed by atoms with Gasteiger partial charge in [-0.3, -0.25) is 0 Å². The quantitative estimate of drug-likeness (QED) is 0.165. The molecule has 2 heteroatoms. The lowest BCUT2D eigenvalue weighted by Gasteiger charge is -2.29.